The lowest BCUT2D eigenvalue weighted by atomic mass is 10.1. The summed E-state index contributed by atoms with van der Waals surface area (Å²) in [4.78, 5) is 16.0. The zero-order valence-electron chi connectivity index (χ0n) is 11.3. The first-order chi connectivity index (χ1) is 9.38. The standard InChI is InChI=1S/C13H14Cl2N4O/c1-7(10-6-19(3)18-8(10)2)16-13(20)9-4-5-11(14)17-12(9)15/h4-7H,1-3H3,(H,16,20)/t7-/m0/s1. The summed E-state index contributed by atoms with van der Waals surface area (Å²) < 4.78 is 1.71. The van der Waals surface area contributed by atoms with Crippen molar-refractivity contribution in [1.82, 2.24) is 20.1 Å². The zero-order chi connectivity index (χ0) is 14.9. The normalized spacial score (nSPS) is 12.2. The minimum absolute atomic E-state index is 0.0881. The molecule has 0 aliphatic carbocycles. The summed E-state index contributed by atoms with van der Waals surface area (Å²) in [6, 6.07) is 2.90. The first kappa shape index (κ1) is 14.8. The highest BCUT2D eigenvalue weighted by Crippen LogP contribution is 2.19. The van der Waals surface area contributed by atoms with Gasteiger partial charge in [0.2, 0.25) is 0 Å². The van der Waals surface area contributed by atoms with Crippen molar-refractivity contribution in [3.8, 4) is 0 Å². The third-order valence-electron chi connectivity index (χ3n) is 2.92. The van der Waals surface area contributed by atoms with Crippen LogP contribution in [0.4, 0.5) is 0 Å². The third kappa shape index (κ3) is 3.11. The molecule has 1 atom stereocenters. The van der Waals surface area contributed by atoms with Crippen LogP contribution in [-0.4, -0.2) is 20.7 Å². The lowest BCUT2D eigenvalue weighted by Gasteiger charge is -2.13. The minimum atomic E-state index is -0.296. The third-order valence-corrected chi connectivity index (χ3v) is 3.42. The Bertz CT molecular complexity index is 654. The van der Waals surface area contributed by atoms with Crippen LogP contribution >= 0.6 is 23.2 Å². The molecule has 0 saturated carbocycles. The second-order valence-electron chi connectivity index (χ2n) is 4.51. The number of halogens is 2. The van der Waals surface area contributed by atoms with Gasteiger partial charge in [0.25, 0.3) is 5.91 Å². The monoisotopic (exact) mass is 312 g/mol. The number of nitrogens with zero attached hydrogens (tertiary/aromatic N) is 3. The smallest absolute Gasteiger partial charge is 0.254 e. The van der Waals surface area contributed by atoms with Crippen molar-refractivity contribution in [2.24, 2.45) is 7.05 Å². The Kier molecular flexibility index (Phi) is 4.30. The van der Waals surface area contributed by atoms with Gasteiger partial charge < -0.3 is 5.32 Å². The molecule has 0 aliphatic heterocycles. The van der Waals surface area contributed by atoms with Crippen LogP contribution in [0.15, 0.2) is 18.3 Å². The molecule has 2 heterocycles. The molecule has 0 radical (unpaired) electrons. The van der Waals surface area contributed by atoms with E-state index in [9.17, 15) is 4.79 Å². The average Bonchev–Trinajstić information content (AvgIpc) is 2.68. The Labute approximate surface area is 126 Å². The number of hydrogen-bond acceptors (Lipinski definition) is 3. The largest absolute Gasteiger partial charge is 0.345 e. The Morgan fingerprint density at radius 1 is 1.40 bits per heavy atom. The number of rotatable bonds is 3. The molecule has 0 spiro atoms. The van der Waals surface area contributed by atoms with E-state index in [1.165, 1.54) is 6.07 Å². The molecule has 0 unspecified atom stereocenters. The van der Waals surface area contributed by atoms with Crippen LogP contribution in [0.3, 0.4) is 0 Å². The van der Waals surface area contributed by atoms with Crippen LogP contribution in [0.2, 0.25) is 10.3 Å². The van der Waals surface area contributed by atoms with Gasteiger partial charge in [-0.05, 0) is 26.0 Å². The molecule has 1 amide bonds. The highest BCUT2D eigenvalue weighted by Gasteiger charge is 2.17. The van der Waals surface area contributed by atoms with Crippen molar-refractivity contribution in [1.29, 1.82) is 0 Å². The number of amides is 1. The Balaban J connectivity index is 2.17. The predicted molar refractivity (Wildman–Crippen MR) is 78.1 cm³/mol. The van der Waals surface area contributed by atoms with Crippen molar-refractivity contribution >= 4 is 29.1 Å². The number of hydrogen-bond donors (Lipinski definition) is 1. The van der Waals surface area contributed by atoms with Gasteiger partial charge in [-0.2, -0.15) is 5.10 Å². The maximum atomic E-state index is 12.2. The maximum Gasteiger partial charge on any atom is 0.254 e. The Morgan fingerprint density at radius 2 is 2.10 bits per heavy atom. The van der Waals surface area contributed by atoms with E-state index >= 15 is 0 Å². The van der Waals surface area contributed by atoms with Crippen LogP contribution in [0.5, 0.6) is 0 Å². The van der Waals surface area contributed by atoms with E-state index in [0.717, 1.165) is 11.3 Å². The number of carbonyl (C=O) groups excluding carboxylic acids is 1. The molecule has 0 saturated heterocycles. The summed E-state index contributed by atoms with van der Waals surface area (Å²) in [7, 11) is 1.84. The average molecular weight is 313 g/mol. The molecule has 20 heavy (non-hydrogen) atoms. The van der Waals surface area contributed by atoms with E-state index in [1.807, 2.05) is 27.1 Å². The maximum absolute atomic E-state index is 12.2. The van der Waals surface area contributed by atoms with E-state index < -0.39 is 0 Å². The molecule has 2 aromatic heterocycles. The second-order valence-corrected chi connectivity index (χ2v) is 5.26. The van der Waals surface area contributed by atoms with E-state index in [2.05, 4.69) is 15.4 Å². The van der Waals surface area contributed by atoms with Crippen molar-refractivity contribution in [3.05, 3.63) is 45.5 Å². The predicted octanol–water partition coefficient (Wildman–Crippen LogP) is 2.92. The van der Waals surface area contributed by atoms with Gasteiger partial charge in [-0.3, -0.25) is 9.48 Å². The summed E-state index contributed by atoms with van der Waals surface area (Å²) in [5, 5.41) is 7.46. The fourth-order valence-corrected chi connectivity index (χ4v) is 2.41. The van der Waals surface area contributed by atoms with Crippen LogP contribution in [0.25, 0.3) is 0 Å². The lowest BCUT2D eigenvalue weighted by molar-refractivity contribution is 0.0939. The number of carbonyl (C=O) groups is 1. The Morgan fingerprint density at radius 3 is 2.65 bits per heavy atom. The van der Waals surface area contributed by atoms with Crippen LogP contribution < -0.4 is 5.32 Å². The van der Waals surface area contributed by atoms with E-state index in [4.69, 9.17) is 23.2 Å². The summed E-state index contributed by atoms with van der Waals surface area (Å²) in [6.07, 6.45) is 1.88. The molecule has 1 N–H and O–H groups in total. The summed E-state index contributed by atoms with van der Waals surface area (Å²) in [5.74, 6) is -0.296. The van der Waals surface area contributed by atoms with Crippen molar-refractivity contribution in [3.63, 3.8) is 0 Å². The fourth-order valence-electron chi connectivity index (χ4n) is 1.98. The molecular formula is C13H14Cl2N4O. The number of aryl methyl sites for hydroxylation is 2. The second kappa shape index (κ2) is 5.81. The van der Waals surface area contributed by atoms with Crippen molar-refractivity contribution in [2.75, 3.05) is 0 Å². The van der Waals surface area contributed by atoms with E-state index in [-0.39, 0.29) is 22.3 Å². The molecular weight excluding hydrogens is 299 g/mol. The molecule has 0 bridgehead atoms. The molecule has 7 heteroatoms. The number of aromatic nitrogens is 3. The van der Waals surface area contributed by atoms with Gasteiger partial charge in [-0.25, -0.2) is 4.98 Å². The zero-order valence-corrected chi connectivity index (χ0v) is 12.8. The van der Waals surface area contributed by atoms with Gasteiger partial charge in [0.15, 0.2) is 0 Å². The van der Waals surface area contributed by atoms with Gasteiger partial charge in [0, 0.05) is 18.8 Å². The van der Waals surface area contributed by atoms with E-state index in [1.54, 1.807) is 10.7 Å². The molecule has 0 aromatic carbocycles. The highest BCUT2D eigenvalue weighted by atomic mass is 35.5. The number of nitrogens with one attached hydrogen (secondary N) is 1. The van der Waals surface area contributed by atoms with Crippen molar-refractivity contribution in [2.45, 2.75) is 19.9 Å². The lowest BCUT2D eigenvalue weighted by Crippen LogP contribution is -2.27. The van der Waals surface area contributed by atoms with Gasteiger partial charge in [-0.1, -0.05) is 23.2 Å². The van der Waals surface area contributed by atoms with Gasteiger partial charge in [0.05, 0.1) is 17.3 Å². The molecule has 5 nitrogen and oxygen atoms in total. The van der Waals surface area contributed by atoms with Gasteiger partial charge in [0.1, 0.15) is 10.3 Å². The molecule has 2 aromatic rings. The van der Waals surface area contributed by atoms with Gasteiger partial charge >= 0.3 is 0 Å². The Hall–Kier alpha value is -1.59. The summed E-state index contributed by atoms with van der Waals surface area (Å²) in [6.45, 7) is 3.79. The van der Waals surface area contributed by atoms with E-state index in [0.29, 0.717) is 5.56 Å². The minimum Gasteiger partial charge on any atom is -0.345 e. The fraction of sp³-hybridized carbons (Fsp3) is 0.308. The molecule has 2 rings (SSSR count). The quantitative estimate of drug-likeness (QED) is 0.886. The van der Waals surface area contributed by atoms with Gasteiger partial charge in [-0.15, -0.1) is 0 Å². The first-order valence-corrected chi connectivity index (χ1v) is 6.77. The SMILES string of the molecule is Cc1nn(C)cc1[C@H](C)NC(=O)c1ccc(Cl)nc1Cl. The highest BCUT2D eigenvalue weighted by molar-refractivity contribution is 6.34. The summed E-state index contributed by atoms with van der Waals surface area (Å²) in [5.41, 5.74) is 2.13. The van der Waals surface area contributed by atoms with Crippen molar-refractivity contribution < 1.29 is 4.79 Å². The first-order valence-electron chi connectivity index (χ1n) is 6.01. The number of pyridine rings is 1. The molecule has 106 valence electrons. The summed E-state index contributed by atoms with van der Waals surface area (Å²) >= 11 is 11.6. The van der Waals surface area contributed by atoms with Crippen LogP contribution in [0.1, 0.15) is 34.6 Å². The topological polar surface area (TPSA) is 59.8 Å². The molecule has 0 aliphatic rings. The van der Waals surface area contributed by atoms with Crippen LogP contribution in [0, 0.1) is 6.92 Å². The van der Waals surface area contributed by atoms with Crippen LogP contribution in [-0.2, 0) is 7.05 Å². The molecule has 0 fully saturated rings.